The molecule has 0 amide bonds. The van der Waals surface area contributed by atoms with E-state index in [-0.39, 0.29) is 18.1 Å². The molecule has 0 spiro atoms. The van der Waals surface area contributed by atoms with E-state index in [9.17, 15) is 8.78 Å². The lowest BCUT2D eigenvalue weighted by Gasteiger charge is -2.30. The normalized spacial score (nSPS) is 14.8. The van der Waals surface area contributed by atoms with Crippen molar-refractivity contribution in [1.82, 2.24) is 5.32 Å². The van der Waals surface area contributed by atoms with E-state index in [1.54, 1.807) is 13.2 Å². The van der Waals surface area contributed by atoms with E-state index in [4.69, 9.17) is 4.74 Å². The van der Waals surface area contributed by atoms with Crippen LogP contribution < -0.4 is 5.32 Å². The number of likely N-dealkylation sites (N-methyl/N-ethyl adjacent to an activating group) is 1. The van der Waals surface area contributed by atoms with Crippen molar-refractivity contribution in [3.8, 4) is 0 Å². The second-order valence-electron chi connectivity index (χ2n) is 4.62. The highest BCUT2D eigenvalue weighted by atomic mass is 19.2. The van der Waals surface area contributed by atoms with Crippen molar-refractivity contribution in [3.05, 3.63) is 35.4 Å². The highest BCUT2D eigenvalue weighted by molar-refractivity contribution is 5.24. The van der Waals surface area contributed by atoms with E-state index in [1.165, 1.54) is 6.07 Å². The molecule has 0 aliphatic heterocycles. The molecule has 0 aliphatic rings. The molecule has 0 fully saturated rings. The molecule has 0 saturated heterocycles. The predicted molar refractivity (Wildman–Crippen MR) is 68.4 cm³/mol. The van der Waals surface area contributed by atoms with Gasteiger partial charge in [0.2, 0.25) is 0 Å². The lowest BCUT2D eigenvalue weighted by atomic mass is 9.93. The van der Waals surface area contributed by atoms with Crippen LogP contribution in [0.25, 0.3) is 0 Å². The van der Waals surface area contributed by atoms with E-state index >= 15 is 0 Å². The molecular weight excluding hydrogens is 236 g/mol. The fraction of sp³-hybridized carbons (Fsp3) is 0.571. The minimum absolute atomic E-state index is 0.196. The molecule has 18 heavy (non-hydrogen) atoms. The minimum Gasteiger partial charge on any atom is -0.379 e. The van der Waals surface area contributed by atoms with Gasteiger partial charge in [0.15, 0.2) is 11.6 Å². The number of methoxy groups -OCH3 is 1. The van der Waals surface area contributed by atoms with E-state index in [2.05, 4.69) is 5.32 Å². The van der Waals surface area contributed by atoms with Crippen LogP contribution in [-0.2, 0) is 4.74 Å². The van der Waals surface area contributed by atoms with Gasteiger partial charge in [-0.2, -0.15) is 0 Å². The summed E-state index contributed by atoms with van der Waals surface area (Å²) in [4.78, 5) is 0. The van der Waals surface area contributed by atoms with Gasteiger partial charge in [-0.1, -0.05) is 32.9 Å². The summed E-state index contributed by atoms with van der Waals surface area (Å²) in [6.45, 7) is 6.58. The number of rotatable bonds is 6. The first-order valence-corrected chi connectivity index (χ1v) is 6.23. The maximum atomic E-state index is 13.9. The molecule has 0 radical (unpaired) electrons. The Labute approximate surface area is 107 Å². The third kappa shape index (κ3) is 3.27. The minimum atomic E-state index is -0.825. The van der Waals surface area contributed by atoms with Gasteiger partial charge in [-0.25, -0.2) is 8.78 Å². The predicted octanol–water partition coefficient (Wildman–Crippen LogP) is 3.29. The summed E-state index contributed by atoms with van der Waals surface area (Å²) in [5.41, 5.74) is 0.317. The molecule has 0 aromatic heterocycles. The Hall–Kier alpha value is -1.00. The molecule has 1 aromatic carbocycles. The third-order valence-corrected chi connectivity index (χ3v) is 3.00. The lowest BCUT2D eigenvalue weighted by molar-refractivity contribution is 0.0319. The molecular formula is C14H21F2NO. The first-order valence-electron chi connectivity index (χ1n) is 6.23. The van der Waals surface area contributed by atoms with Crippen molar-refractivity contribution in [1.29, 1.82) is 0 Å². The number of benzene rings is 1. The average molecular weight is 257 g/mol. The summed E-state index contributed by atoms with van der Waals surface area (Å²) in [5, 5.41) is 3.17. The first-order chi connectivity index (χ1) is 8.52. The molecule has 0 heterocycles. The Morgan fingerprint density at radius 2 is 1.94 bits per heavy atom. The largest absolute Gasteiger partial charge is 0.379 e. The quantitative estimate of drug-likeness (QED) is 0.844. The molecule has 4 heteroatoms. The second kappa shape index (κ2) is 6.81. The summed E-state index contributed by atoms with van der Waals surface area (Å²) in [6.07, 6.45) is -0.207. The smallest absolute Gasteiger partial charge is 0.163 e. The number of nitrogens with one attached hydrogen (secondary N) is 1. The molecule has 2 nitrogen and oxygen atoms in total. The molecule has 102 valence electrons. The highest BCUT2D eigenvalue weighted by Crippen LogP contribution is 2.27. The standard InChI is InChI=1S/C14H21F2NO/c1-5-17-13(14(18-4)9(2)3)10-7-6-8-11(15)12(10)16/h6-9,13-14,17H,5H2,1-4H3. The van der Waals surface area contributed by atoms with Gasteiger partial charge in [0.25, 0.3) is 0 Å². The van der Waals surface area contributed by atoms with Crippen LogP contribution in [0.4, 0.5) is 8.78 Å². The fourth-order valence-corrected chi connectivity index (χ4v) is 2.18. The van der Waals surface area contributed by atoms with Crippen LogP contribution in [0.5, 0.6) is 0 Å². The summed E-state index contributed by atoms with van der Waals surface area (Å²) in [5.74, 6) is -1.43. The molecule has 2 atom stereocenters. The van der Waals surface area contributed by atoms with Gasteiger partial charge in [-0.3, -0.25) is 0 Å². The number of hydrogen-bond donors (Lipinski definition) is 1. The summed E-state index contributed by atoms with van der Waals surface area (Å²) < 4.78 is 32.6. The van der Waals surface area contributed by atoms with E-state index in [0.717, 1.165) is 6.07 Å². The molecule has 0 saturated carbocycles. The maximum Gasteiger partial charge on any atom is 0.163 e. The number of halogens is 2. The van der Waals surface area contributed by atoms with Crippen molar-refractivity contribution >= 4 is 0 Å². The van der Waals surface area contributed by atoms with Gasteiger partial charge in [-0.05, 0) is 18.5 Å². The van der Waals surface area contributed by atoms with Crippen LogP contribution in [0, 0.1) is 17.6 Å². The van der Waals surface area contributed by atoms with Crippen molar-refractivity contribution in [3.63, 3.8) is 0 Å². The SMILES string of the molecule is CCNC(c1cccc(F)c1F)C(OC)C(C)C. The van der Waals surface area contributed by atoms with Gasteiger partial charge in [0, 0.05) is 12.7 Å². The monoisotopic (exact) mass is 257 g/mol. The van der Waals surface area contributed by atoms with Crippen molar-refractivity contribution in [2.24, 2.45) is 5.92 Å². The highest BCUT2D eigenvalue weighted by Gasteiger charge is 2.28. The zero-order chi connectivity index (χ0) is 13.7. The van der Waals surface area contributed by atoms with Crippen molar-refractivity contribution < 1.29 is 13.5 Å². The zero-order valence-corrected chi connectivity index (χ0v) is 11.3. The first kappa shape index (κ1) is 15.1. The molecule has 0 aliphatic carbocycles. The maximum absolute atomic E-state index is 13.9. The lowest BCUT2D eigenvalue weighted by Crippen LogP contribution is -2.37. The van der Waals surface area contributed by atoms with Gasteiger partial charge in [0.1, 0.15) is 0 Å². The van der Waals surface area contributed by atoms with Crippen LogP contribution in [-0.4, -0.2) is 19.8 Å². The molecule has 0 bridgehead atoms. The van der Waals surface area contributed by atoms with Gasteiger partial charge in [0.05, 0.1) is 12.1 Å². The summed E-state index contributed by atoms with van der Waals surface area (Å²) >= 11 is 0. The Morgan fingerprint density at radius 3 is 2.44 bits per heavy atom. The second-order valence-corrected chi connectivity index (χ2v) is 4.62. The fourth-order valence-electron chi connectivity index (χ4n) is 2.18. The van der Waals surface area contributed by atoms with Crippen LogP contribution in [0.15, 0.2) is 18.2 Å². The Kier molecular flexibility index (Phi) is 5.69. The number of ether oxygens (including phenoxy) is 1. The Bertz CT molecular complexity index is 382. The number of hydrogen-bond acceptors (Lipinski definition) is 2. The van der Waals surface area contributed by atoms with E-state index in [0.29, 0.717) is 12.1 Å². The van der Waals surface area contributed by atoms with Crippen LogP contribution >= 0.6 is 0 Å². The van der Waals surface area contributed by atoms with Crippen molar-refractivity contribution in [2.75, 3.05) is 13.7 Å². The van der Waals surface area contributed by atoms with E-state index in [1.807, 2.05) is 20.8 Å². The third-order valence-electron chi connectivity index (χ3n) is 3.00. The van der Waals surface area contributed by atoms with Gasteiger partial charge < -0.3 is 10.1 Å². The Balaban J connectivity index is 3.14. The average Bonchev–Trinajstić information content (AvgIpc) is 2.32. The van der Waals surface area contributed by atoms with Gasteiger partial charge >= 0.3 is 0 Å². The molecule has 2 unspecified atom stereocenters. The molecule has 1 N–H and O–H groups in total. The van der Waals surface area contributed by atoms with Crippen molar-refractivity contribution in [2.45, 2.75) is 32.9 Å². The summed E-state index contributed by atoms with van der Waals surface area (Å²) in [7, 11) is 1.59. The van der Waals surface area contributed by atoms with E-state index < -0.39 is 11.6 Å². The van der Waals surface area contributed by atoms with Crippen LogP contribution in [0.3, 0.4) is 0 Å². The molecule has 1 aromatic rings. The van der Waals surface area contributed by atoms with Crippen LogP contribution in [0.2, 0.25) is 0 Å². The zero-order valence-electron chi connectivity index (χ0n) is 11.3. The van der Waals surface area contributed by atoms with Gasteiger partial charge in [-0.15, -0.1) is 0 Å². The Morgan fingerprint density at radius 1 is 1.28 bits per heavy atom. The topological polar surface area (TPSA) is 21.3 Å². The molecule has 1 rings (SSSR count). The van der Waals surface area contributed by atoms with Crippen LogP contribution in [0.1, 0.15) is 32.4 Å². The summed E-state index contributed by atoms with van der Waals surface area (Å²) in [6, 6.07) is 3.89.